The molecule has 1 nitrogen and oxygen atoms in total. The Hall–Kier alpha value is -0.0400. The molecule has 0 unspecified atom stereocenters. The van der Waals surface area contributed by atoms with E-state index in [-0.39, 0.29) is 0 Å². The number of nitrogens with one attached hydrogen (secondary N) is 1. The van der Waals surface area contributed by atoms with Crippen LogP contribution in [0.2, 0.25) is 0 Å². The maximum atomic E-state index is 3.24. The molecule has 1 saturated heterocycles. The molecule has 36 valence electrons. The molecule has 0 aromatic carbocycles. The van der Waals surface area contributed by atoms with Gasteiger partial charge in [0.05, 0.1) is 0 Å². The van der Waals surface area contributed by atoms with Crippen LogP contribution in [0.1, 0.15) is 19.8 Å². The van der Waals surface area contributed by atoms with E-state index in [0.29, 0.717) is 0 Å². The molecule has 0 aliphatic carbocycles. The third kappa shape index (κ3) is 0.977. The predicted octanol–water partition coefficient (Wildman–Crippen LogP) is 0.758. The highest BCUT2D eigenvalue weighted by Crippen LogP contribution is 2.03. The maximum absolute atomic E-state index is 3.24. The van der Waals surface area contributed by atoms with Gasteiger partial charge in [0.25, 0.3) is 0 Å². The third-order valence-electron chi connectivity index (χ3n) is 1.13. The SMILES string of the molecule is CCC[C@H]1CN1. The average Bonchev–Trinajstić information content (AvgIpc) is 2.21. The molecule has 0 spiro atoms. The molecule has 1 heteroatoms. The van der Waals surface area contributed by atoms with Gasteiger partial charge in [0, 0.05) is 12.6 Å². The Bertz CT molecular complexity index is 39.2. The van der Waals surface area contributed by atoms with Crippen LogP contribution in [-0.2, 0) is 0 Å². The van der Waals surface area contributed by atoms with E-state index in [0.717, 1.165) is 6.04 Å². The molecular formula is C5H11N. The summed E-state index contributed by atoms with van der Waals surface area (Å²) < 4.78 is 0. The summed E-state index contributed by atoms with van der Waals surface area (Å²) in [6, 6.07) is 0.898. The van der Waals surface area contributed by atoms with Crippen molar-refractivity contribution in [3.05, 3.63) is 0 Å². The minimum absolute atomic E-state index is 0.898. The molecular weight excluding hydrogens is 74.1 g/mol. The van der Waals surface area contributed by atoms with Crippen molar-refractivity contribution in [2.75, 3.05) is 6.54 Å². The largest absolute Gasteiger partial charge is 0.311 e. The molecule has 1 heterocycles. The maximum Gasteiger partial charge on any atom is 0.0193 e. The fourth-order valence-corrected chi connectivity index (χ4v) is 0.636. The van der Waals surface area contributed by atoms with Gasteiger partial charge in [-0.1, -0.05) is 13.3 Å². The number of hydrogen-bond donors (Lipinski definition) is 1. The van der Waals surface area contributed by atoms with Gasteiger partial charge in [-0.15, -0.1) is 0 Å². The molecule has 1 fully saturated rings. The van der Waals surface area contributed by atoms with Crippen LogP contribution in [0.25, 0.3) is 0 Å². The van der Waals surface area contributed by atoms with E-state index in [1.165, 1.54) is 19.4 Å². The Balaban J connectivity index is 1.88. The normalized spacial score (nSPS) is 30.5. The second-order valence-corrected chi connectivity index (χ2v) is 1.89. The van der Waals surface area contributed by atoms with Crippen molar-refractivity contribution >= 4 is 0 Å². The van der Waals surface area contributed by atoms with Crippen LogP contribution in [0.15, 0.2) is 0 Å². The van der Waals surface area contributed by atoms with E-state index >= 15 is 0 Å². The van der Waals surface area contributed by atoms with E-state index in [2.05, 4.69) is 12.2 Å². The van der Waals surface area contributed by atoms with Crippen LogP contribution in [0, 0.1) is 0 Å². The van der Waals surface area contributed by atoms with Gasteiger partial charge in [-0.25, -0.2) is 0 Å². The van der Waals surface area contributed by atoms with Crippen molar-refractivity contribution in [3.8, 4) is 0 Å². The van der Waals surface area contributed by atoms with Gasteiger partial charge in [0.15, 0.2) is 0 Å². The van der Waals surface area contributed by atoms with Gasteiger partial charge >= 0.3 is 0 Å². The molecule has 1 aliphatic heterocycles. The first-order chi connectivity index (χ1) is 2.93. The van der Waals surface area contributed by atoms with Crippen LogP contribution in [0.5, 0.6) is 0 Å². The summed E-state index contributed by atoms with van der Waals surface area (Å²) in [5, 5.41) is 3.24. The summed E-state index contributed by atoms with van der Waals surface area (Å²) in [6.07, 6.45) is 2.71. The van der Waals surface area contributed by atoms with E-state index in [1.54, 1.807) is 0 Å². The van der Waals surface area contributed by atoms with Gasteiger partial charge in [-0.2, -0.15) is 0 Å². The molecule has 1 atom stereocenters. The number of hydrogen-bond acceptors (Lipinski definition) is 1. The average molecular weight is 85.2 g/mol. The summed E-state index contributed by atoms with van der Waals surface area (Å²) in [5.74, 6) is 0. The quantitative estimate of drug-likeness (QED) is 0.491. The van der Waals surface area contributed by atoms with Crippen LogP contribution < -0.4 is 5.32 Å². The Labute approximate surface area is 38.7 Å². The van der Waals surface area contributed by atoms with Crippen molar-refractivity contribution in [2.24, 2.45) is 0 Å². The van der Waals surface area contributed by atoms with E-state index in [1.807, 2.05) is 0 Å². The Morgan fingerprint density at radius 2 is 2.50 bits per heavy atom. The van der Waals surface area contributed by atoms with Crippen molar-refractivity contribution in [3.63, 3.8) is 0 Å². The van der Waals surface area contributed by atoms with Crippen LogP contribution in [-0.4, -0.2) is 12.6 Å². The lowest BCUT2D eigenvalue weighted by Crippen LogP contribution is -1.85. The van der Waals surface area contributed by atoms with Crippen molar-refractivity contribution < 1.29 is 0 Å². The van der Waals surface area contributed by atoms with E-state index in [4.69, 9.17) is 0 Å². The molecule has 1 rings (SSSR count). The molecule has 1 aliphatic rings. The highest BCUT2D eigenvalue weighted by atomic mass is 15.1. The lowest BCUT2D eigenvalue weighted by Gasteiger charge is -1.81. The van der Waals surface area contributed by atoms with Crippen molar-refractivity contribution in [1.82, 2.24) is 5.32 Å². The van der Waals surface area contributed by atoms with E-state index in [9.17, 15) is 0 Å². The number of rotatable bonds is 2. The third-order valence-corrected chi connectivity index (χ3v) is 1.13. The fourth-order valence-electron chi connectivity index (χ4n) is 0.636. The second-order valence-electron chi connectivity index (χ2n) is 1.89. The molecule has 0 aromatic rings. The van der Waals surface area contributed by atoms with Gasteiger partial charge < -0.3 is 5.32 Å². The summed E-state index contributed by atoms with van der Waals surface area (Å²) >= 11 is 0. The summed E-state index contributed by atoms with van der Waals surface area (Å²) in [4.78, 5) is 0. The van der Waals surface area contributed by atoms with Gasteiger partial charge in [-0.3, -0.25) is 0 Å². The van der Waals surface area contributed by atoms with Gasteiger partial charge in [-0.05, 0) is 6.42 Å². The predicted molar refractivity (Wildman–Crippen MR) is 26.7 cm³/mol. The highest BCUT2D eigenvalue weighted by Gasteiger charge is 2.16. The lowest BCUT2D eigenvalue weighted by atomic mass is 10.3. The lowest BCUT2D eigenvalue weighted by molar-refractivity contribution is 0.778. The van der Waals surface area contributed by atoms with Gasteiger partial charge in [0.2, 0.25) is 0 Å². The summed E-state index contributed by atoms with van der Waals surface area (Å²) in [6.45, 7) is 3.49. The smallest absolute Gasteiger partial charge is 0.0193 e. The van der Waals surface area contributed by atoms with E-state index < -0.39 is 0 Å². The summed E-state index contributed by atoms with van der Waals surface area (Å²) in [7, 11) is 0. The zero-order valence-corrected chi connectivity index (χ0v) is 4.20. The second kappa shape index (κ2) is 1.61. The Morgan fingerprint density at radius 1 is 1.83 bits per heavy atom. The highest BCUT2D eigenvalue weighted by molar-refractivity contribution is 4.81. The van der Waals surface area contributed by atoms with Crippen LogP contribution in [0.3, 0.4) is 0 Å². The first kappa shape index (κ1) is 4.13. The molecule has 1 N–H and O–H groups in total. The zero-order chi connectivity index (χ0) is 4.41. The minimum Gasteiger partial charge on any atom is -0.311 e. The summed E-state index contributed by atoms with van der Waals surface area (Å²) in [5.41, 5.74) is 0. The monoisotopic (exact) mass is 85.1 g/mol. The van der Waals surface area contributed by atoms with Crippen molar-refractivity contribution in [2.45, 2.75) is 25.8 Å². The molecule has 0 amide bonds. The molecule has 0 bridgehead atoms. The topological polar surface area (TPSA) is 21.9 Å². The van der Waals surface area contributed by atoms with Crippen molar-refractivity contribution in [1.29, 1.82) is 0 Å². The fraction of sp³-hybridized carbons (Fsp3) is 1.00. The Kier molecular flexibility index (Phi) is 1.10. The minimum atomic E-state index is 0.898. The first-order valence-corrected chi connectivity index (χ1v) is 2.67. The Morgan fingerprint density at radius 3 is 2.67 bits per heavy atom. The molecule has 0 aromatic heterocycles. The first-order valence-electron chi connectivity index (χ1n) is 2.67. The van der Waals surface area contributed by atoms with Crippen LogP contribution >= 0.6 is 0 Å². The standard InChI is InChI=1S/C5H11N/c1-2-3-5-4-6-5/h5-6H,2-4H2,1H3/t5-/m0/s1. The molecule has 0 radical (unpaired) electrons. The molecule has 0 saturated carbocycles. The zero-order valence-electron chi connectivity index (χ0n) is 4.20. The van der Waals surface area contributed by atoms with Gasteiger partial charge in [0.1, 0.15) is 0 Å². The van der Waals surface area contributed by atoms with Crippen LogP contribution in [0.4, 0.5) is 0 Å². The molecule has 6 heavy (non-hydrogen) atoms.